The fourth-order valence-corrected chi connectivity index (χ4v) is 2.69. The van der Waals surface area contributed by atoms with Gasteiger partial charge in [0.1, 0.15) is 0 Å². The van der Waals surface area contributed by atoms with Crippen LogP contribution in [0, 0.1) is 0 Å². The number of benzene rings is 1. The van der Waals surface area contributed by atoms with Crippen LogP contribution in [0.25, 0.3) is 0 Å². The van der Waals surface area contributed by atoms with Crippen LogP contribution >= 0.6 is 0 Å². The van der Waals surface area contributed by atoms with Gasteiger partial charge in [0.15, 0.2) is 5.78 Å². The number of pyridine rings is 1. The Morgan fingerprint density at radius 2 is 2.05 bits per heavy atom. The van der Waals surface area contributed by atoms with E-state index in [-0.39, 0.29) is 5.78 Å². The minimum atomic E-state index is 0.228. The summed E-state index contributed by atoms with van der Waals surface area (Å²) in [7, 11) is 1.62. The zero-order chi connectivity index (χ0) is 14.7. The van der Waals surface area contributed by atoms with E-state index in [1.807, 2.05) is 42.5 Å². The quantitative estimate of drug-likeness (QED) is 0.867. The van der Waals surface area contributed by atoms with Crippen molar-refractivity contribution < 1.29 is 9.53 Å². The summed E-state index contributed by atoms with van der Waals surface area (Å²) >= 11 is 0. The van der Waals surface area contributed by atoms with E-state index in [1.165, 1.54) is 0 Å². The fourth-order valence-electron chi connectivity index (χ4n) is 2.69. The van der Waals surface area contributed by atoms with Crippen molar-refractivity contribution >= 4 is 11.5 Å². The SMILES string of the molecule is COc1cccc(CN2CCCC(=O)c3ccccc32)n1. The van der Waals surface area contributed by atoms with Crippen molar-refractivity contribution in [2.24, 2.45) is 0 Å². The lowest BCUT2D eigenvalue weighted by atomic mass is 10.1. The highest BCUT2D eigenvalue weighted by Crippen LogP contribution is 2.27. The molecule has 21 heavy (non-hydrogen) atoms. The van der Waals surface area contributed by atoms with Crippen molar-refractivity contribution in [2.45, 2.75) is 19.4 Å². The lowest BCUT2D eigenvalue weighted by Crippen LogP contribution is -2.24. The maximum Gasteiger partial charge on any atom is 0.213 e. The number of anilines is 1. The van der Waals surface area contributed by atoms with Crippen LogP contribution in [0.2, 0.25) is 0 Å². The molecule has 1 aromatic heterocycles. The summed E-state index contributed by atoms with van der Waals surface area (Å²) in [5.74, 6) is 0.846. The summed E-state index contributed by atoms with van der Waals surface area (Å²) in [5, 5.41) is 0. The van der Waals surface area contributed by atoms with Gasteiger partial charge in [-0.2, -0.15) is 0 Å². The smallest absolute Gasteiger partial charge is 0.213 e. The van der Waals surface area contributed by atoms with Crippen LogP contribution in [0.15, 0.2) is 42.5 Å². The number of fused-ring (bicyclic) bond motifs is 1. The first-order valence-electron chi connectivity index (χ1n) is 7.15. The molecule has 0 fully saturated rings. The highest BCUT2D eigenvalue weighted by atomic mass is 16.5. The number of para-hydroxylation sites is 1. The van der Waals surface area contributed by atoms with E-state index >= 15 is 0 Å². The summed E-state index contributed by atoms with van der Waals surface area (Å²) in [4.78, 5) is 18.8. The molecule has 0 amide bonds. The van der Waals surface area contributed by atoms with Crippen LogP contribution in [0.5, 0.6) is 5.88 Å². The van der Waals surface area contributed by atoms with Gasteiger partial charge in [-0.15, -0.1) is 0 Å². The number of ether oxygens (including phenoxy) is 1. The summed E-state index contributed by atoms with van der Waals surface area (Å²) < 4.78 is 5.17. The molecule has 3 rings (SSSR count). The number of methoxy groups -OCH3 is 1. The molecular weight excluding hydrogens is 264 g/mol. The van der Waals surface area contributed by atoms with Crippen LogP contribution < -0.4 is 9.64 Å². The van der Waals surface area contributed by atoms with Gasteiger partial charge in [-0.3, -0.25) is 4.79 Å². The number of hydrogen-bond donors (Lipinski definition) is 0. The number of aromatic nitrogens is 1. The Bertz CT molecular complexity index is 655. The molecular formula is C17H18N2O2. The zero-order valence-corrected chi connectivity index (χ0v) is 12.1. The first kappa shape index (κ1) is 13.6. The maximum atomic E-state index is 12.1. The van der Waals surface area contributed by atoms with E-state index in [1.54, 1.807) is 7.11 Å². The van der Waals surface area contributed by atoms with Gasteiger partial charge in [0.05, 0.1) is 19.3 Å². The first-order chi connectivity index (χ1) is 10.3. The van der Waals surface area contributed by atoms with Crippen molar-refractivity contribution in [2.75, 3.05) is 18.6 Å². The Balaban J connectivity index is 1.91. The van der Waals surface area contributed by atoms with Gasteiger partial charge >= 0.3 is 0 Å². The van der Waals surface area contributed by atoms with Gasteiger partial charge in [-0.1, -0.05) is 18.2 Å². The molecule has 0 N–H and O–H groups in total. The van der Waals surface area contributed by atoms with E-state index < -0.39 is 0 Å². The van der Waals surface area contributed by atoms with Crippen LogP contribution in [-0.4, -0.2) is 24.4 Å². The summed E-state index contributed by atoms with van der Waals surface area (Å²) in [5.41, 5.74) is 2.76. The van der Waals surface area contributed by atoms with Gasteiger partial charge in [-0.25, -0.2) is 4.98 Å². The molecule has 4 heteroatoms. The molecule has 4 nitrogen and oxygen atoms in total. The largest absolute Gasteiger partial charge is 0.481 e. The Labute approximate surface area is 124 Å². The third-order valence-electron chi connectivity index (χ3n) is 3.72. The van der Waals surface area contributed by atoms with Crippen LogP contribution in [0.1, 0.15) is 28.9 Å². The standard InChI is InChI=1S/C17H18N2O2/c1-21-17-10-4-6-13(18-17)12-19-11-5-9-16(20)14-7-2-3-8-15(14)19/h2-4,6-8,10H,5,9,11-12H2,1H3. The third-order valence-corrected chi connectivity index (χ3v) is 3.72. The number of carbonyl (C=O) groups excluding carboxylic acids is 1. The van der Waals surface area contributed by atoms with Crippen LogP contribution in [0.3, 0.4) is 0 Å². The van der Waals surface area contributed by atoms with Crippen molar-refractivity contribution in [3.8, 4) is 5.88 Å². The Morgan fingerprint density at radius 1 is 1.19 bits per heavy atom. The van der Waals surface area contributed by atoms with Gasteiger partial charge in [0, 0.05) is 30.3 Å². The number of rotatable bonds is 3. The second-order valence-corrected chi connectivity index (χ2v) is 5.14. The number of carbonyl (C=O) groups is 1. The van der Waals surface area contributed by atoms with Crippen LogP contribution in [0.4, 0.5) is 5.69 Å². The molecule has 0 bridgehead atoms. The number of ketones is 1. The molecule has 2 heterocycles. The molecule has 0 unspecified atom stereocenters. The Morgan fingerprint density at radius 3 is 2.90 bits per heavy atom. The zero-order valence-electron chi connectivity index (χ0n) is 12.1. The van der Waals surface area contributed by atoms with E-state index in [4.69, 9.17) is 4.74 Å². The third kappa shape index (κ3) is 2.89. The first-order valence-corrected chi connectivity index (χ1v) is 7.15. The van der Waals surface area contributed by atoms with E-state index in [0.717, 1.165) is 29.9 Å². The van der Waals surface area contributed by atoms with Gasteiger partial charge in [-0.05, 0) is 24.6 Å². The monoisotopic (exact) mass is 282 g/mol. The highest BCUT2D eigenvalue weighted by Gasteiger charge is 2.20. The molecule has 108 valence electrons. The van der Waals surface area contributed by atoms with Crippen LogP contribution in [-0.2, 0) is 6.54 Å². The molecule has 0 radical (unpaired) electrons. The van der Waals surface area contributed by atoms with E-state index in [0.29, 0.717) is 18.8 Å². The summed E-state index contributed by atoms with van der Waals surface area (Å²) in [6.45, 7) is 1.54. The van der Waals surface area contributed by atoms with Crippen molar-refractivity contribution in [3.05, 3.63) is 53.7 Å². The average Bonchev–Trinajstić information content (AvgIpc) is 2.68. The second kappa shape index (κ2) is 5.95. The molecule has 0 atom stereocenters. The molecule has 1 aliphatic heterocycles. The Hall–Kier alpha value is -2.36. The van der Waals surface area contributed by atoms with Crippen molar-refractivity contribution in [1.29, 1.82) is 0 Å². The molecule has 2 aromatic rings. The fraction of sp³-hybridized carbons (Fsp3) is 0.294. The molecule has 1 aliphatic rings. The maximum absolute atomic E-state index is 12.1. The molecule has 0 spiro atoms. The number of nitrogens with zero attached hydrogens (tertiary/aromatic N) is 2. The van der Waals surface area contributed by atoms with E-state index in [2.05, 4.69) is 9.88 Å². The van der Waals surface area contributed by atoms with Gasteiger partial charge in [0.2, 0.25) is 5.88 Å². The van der Waals surface area contributed by atoms with Crippen molar-refractivity contribution in [3.63, 3.8) is 0 Å². The normalized spacial score (nSPS) is 14.5. The van der Waals surface area contributed by atoms with Gasteiger partial charge < -0.3 is 9.64 Å². The molecule has 0 saturated heterocycles. The minimum Gasteiger partial charge on any atom is -0.481 e. The number of Topliss-reactive ketones (excluding diaryl/α,β-unsaturated/α-hetero) is 1. The number of hydrogen-bond acceptors (Lipinski definition) is 4. The predicted octanol–water partition coefficient (Wildman–Crippen LogP) is 3.07. The average molecular weight is 282 g/mol. The summed E-state index contributed by atoms with van der Waals surface area (Å²) in [6, 6.07) is 13.6. The van der Waals surface area contributed by atoms with E-state index in [9.17, 15) is 4.79 Å². The lowest BCUT2D eigenvalue weighted by Gasteiger charge is -2.24. The predicted molar refractivity (Wildman–Crippen MR) is 81.8 cm³/mol. The second-order valence-electron chi connectivity index (χ2n) is 5.14. The minimum absolute atomic E-state index is 0.228. The summed E-state index contributed by atoms with van der Waals surface area (Å²) in [6.07, 6.45) is 1.48. The van der Waals surface area contributed by atoms with Gasteiger partial charge in [0.25, 0.3) is 0 Å². The lowest BCUT2D eigenvalue weighted by molar-refractivity contribution is 0.0984. The molecule has 1 aromatic carbocycles. The van der Waals surface area contributed by atoms with Crippen molar-refractivity contribution in [1.82, 2.24) is 4.98 Å². The molecule has 0 aliphatic carbocycles. The molecule has 0 saturated carbocycles. The highest BCUT2D eigenvalue weighted by molar-refractivity contribution is 6.01. The Kier molecular flexibility index (Phi) is 3.86. The topological polar surface area (TPSA) is 42.4 Å².